The molecule has 2 aromatic rings. The van der Waals surface area contributed by atoms with Crippen molar-refractivity contribution in [2.45, 2.75) is 19.9 Å². The fourth-order valence-corrected chi connectivity index (χ4v) is 3.62. The molecule has 2 aromatic carbocycles. The molecule has 0 aliphatic carbocycles. The minimum atomic E-state index is 0.181. The molecule has 106 valence electrons. The number of halogens is 3. The lowest BCUT2D eigenvalue weighted by Gasteiger charge is -2.22. The van der Waals surface area contributed by atoms with Gasteiger partial charge in [-0.15, -0.1) is 0 Å². The Kier molecular flexibility index (Phi) is 5.84. The van der Waals surface area contributed by atoms with E-state index in [1.54, 1.807) is 0 Å². The summed E-state index contributed by atoms with van der Waals surface area (Å²) in [4.78, 5) is 0. The fraction of sp³-hybridized carbons (Fsp3) is 0.250. The molecule has 0 aromatic heterocycles. The van der Waals surface area contributed by atoms with Crippen LogP contribution in [0.25, 0.3) is 0 Å². The predicted molar refractivity (Wildman–Crippen MR) is 96.2 cm³/mol. The average molecular weight is 462 g/mol. The van der Waals surface area contributed by atoms with Crippen LogP contribution in [0.1, 0.15) is 29.7 Å². The molecule has 0 bridgehead atoms. The fourth-order valence-electron chi connectivity index (χ4n) is 2.29. The zero-order chi connectivity index (χ0) is 14.7. The maximum atomic E-state index is 3.67. The van der Waals surface area contributed by atoms with Crippen molar-refractivity contribution >= 4 is 47.8 Å². The van der Waals surface area contributed by atoms with E-state index in [9.17, 15) is 0 Å². The van der Waals surface area contributed by atoms with Crippen LogP contribution in [0.3, 0.4) is 0 Å². The number of hydrogen-bond acceptors (Lipinski definition) is 1. The Bertz CT molecular complexity index is 611. The van der Waals surface area contributed by atoms with Gasteiger partial charge in [-0.25, -0.2) is 0 Å². The molecular weight excluding hydrogens is 446 g/mol. The summed E-state index contributed by atoms with van der Waals surface area (Å²) in [5, 5.41) is 3.58. The second-order valence-electron chi connectivity index (χ2n) is 4.66. The van der Waals surface area contributed by atoms with Crippen molar-refractivity contribution in [2.24, 2.45) is 0 Å². The summed E-state index contributed by atoms with van der Waals surface area (Å²) < 4.78 is 3.32. The first kappa shape index (κ1) is 16.2. The maximum absolute atomic E-state index is 3.67. The Morgan fingerprint density at radius 1 is 0.950 bits per heavy atom. The summed E-state index contributed by atoms with van der Waals surface area (Å²) in [5.74, 6) is 0. The quantitative estimate of drug-likeness (QED) is 0.590. The molecule has 0 saturated heterocycles. The van der Waals surface area contributed by atoms with Gasteiger partial charge < -0.3 is 5.32 Å². The third kappa shape index (κ3) is 3.73. The zero-order valence-electron chi connectivity index (χ0n) is 11.4. The lowest BCUT2D eigenvalue weighted by atomic mass is 9.95. The Balaban J connectivity index is 2.53. The standard InChI is InChI=1S/C16H16Br3N/c1-3-20-16(13-6-4-11(17)8-10(13)2)14-9-12(18)5-7-15(14)19/h4-9,16,20H,3H2,1-2H3. The molecule has 0 spiro atoms. The minimum absolute atomic E-state index is 0.181. The summed E-state index contributed by atoms with van der Waals surface area (Å²) in [6, 6.07) is 12.9. The predicted octanol–water partition coefficient (Wildman–Crippen LogP) is 5.98. The molecule has 0 aliphatic heterocycles. The van der Waals surface area contributed by atoms with E-state index >= 15 is 0 Å². The van der Waals surface area contributed by atoms with Crippen LogP contribution in [0.2, 0.25) is 0 Å². The van der Waals surface area contributed by atoms with Crippen LogP contribution in [-0.2, 0) is 0 Å². The van der Waals surface area contributed by atoms with E-state index in [2.05, 4.69) is 97.3 Å². The van der Waals surface area contributed by atoms with E-state index in [1.807, 2.05) is 6.07 Å². The van der Waals surface area contributed by atoms with Crippen LogP contribution in [0.4, 0.5) is 0 Å². The third-order valence-electron chi connectivity index (χ3n) is 3.22. The van der Waals surface area contributed by atoms with Gasteiger partial charge in [0.1, 0.15) is 0 Å². The molecule has 0 aliphatic rings. The summed E-state index contributed by atoms with van der Waals surface area (Å²) in [6.07, 6.45) is 0. The SMILES string of the molecule is CCNC(c1ccc(Br)cc1C)c1cc(Br)ccc1Br. The van der Waals surface area contributed by atoms with Crippen molar-refractivity contribution < 1.29 is 0 Å². The number of aryl methyl sites for hydroxylation is 1. The van der Waals surface area contributed by atoms with E-state index in [0.29, 0.717) is 0 Å². The Labute approximate surface area is 145 Å². The normalized spacial score (nSPS) is 12.4. The largest absolute Gasteiger partial charge is 0.306 e. The minimum Gasteiger partial charge on any atom is -0.306 e. The molecule has 0 fully saturated rings. The topological polar surface area (TPSA) is 12.0 Å². The van der Waals surface area contributed by atoms with Crippen LogP contribution in [0, 0.1) is 6.92 Å². The van der Waals surface area contributed by atoms with Crippen molar-refractivity contribution in [1.29, 1.82) is 0 Å². The highest BCUT2D eigenvalue weighted by molar-refractivity contribution is 9.11. The number of rotatable bonds is 4. The van der Waals surface area contributed by atoms with Gasteiger partial charge in [0.25, 0.3) is 0 Å². The lowest BCUT2D eigenvalue weighted by molar-refractivity contribution is 0.625. The van der Waals surface area contributed by atoms with E-state index in [0.717, 1.165) is 20.0 Å². The van der Waals surface area contributed by atoms with Gasteiger partial charge in [-0.3, -0.25) is 0 Å². The molecular formula is C16H16Br3N. The first-order chi connectivity index (χ1) is 9.52. The first-order valence-electron chi connectivity index (χ1n) is 6.47. The highest BCUT2D eigenvalue weighted by Gasteiger charge is 2.18. The summed E-state index contributed by atoms with van der Waals surface area (Å²) in [6.45, 7) is 5.20. The third-order valence-corrected chi connectivity index (χ3v) is 4.93. The van der Waals surface area contributed by atoms with Gasteiger partial charge in [-0.05, 0) is 60.5 Å². The Hall–Kier alpha value is -0.160. The number of nitrogens with one attached hydrogen (secondary N) is 1. The Morgan fingerprint density at radius 3 is 2.25 bits per heavy atom. The van der Waals surface area contributed by atoms with E-state index in [1.165, 1.54) is 16.7 Å². The summed E-state index contributed by atoms with van der Waals surface area (Å²) >= 11 is 10.8. The smallest absolute Gasteiger partial charge is 0.0590 e. The van der Waals surface area contributed by atoms with Gasteiger partial charge in [-0.2, -0.15) is 0 Å². The van der Waals surface area contributed by atoms with Gasteiger partial charge in [0.05, 0.1) is 6.04 Å². The number of hydrogen-bond donors (Lipinski definition) is 1. The van der Waals surface area contributed by atoms with Gasteiger partial charge >= 0.3 is 0 Å². The van der Waals surface area contributed by atoms with Gasteiger partial charge in [0.2, 0.25) is 0 Å². The van der Waals surface area contributed by atoms with Crippen molar-refractivity contribution in [3.63, 3.8) is 0 Å². The van der Waals surface area contributed by atoms with Gasteiger partial charge in [0, 0.05) is 13.4 Å². The van der Waals surface area contributed by atoms with Crippen molar-refractivity contribution in [3.8, 4) is 0 Å². The summed E-state index contributed by atoms with van der Waals surface area (Å²) in [5.41, 5.74) is 3.82. The van der Waals surface area contributed by atoms with E-state index in [-0.39, 0.29) is 6.04 Å². The van der Waals surface area contributed by atoms with Crippen LogP contribution < -0.4 is 5.32 Å². The lowest BCUT2D eigenvalue weighted by Crippen LogP contribution is -2.23. The molecule has 1 atom stereocenters. The molecule has 1 N–H and O–H groups in total. The monoisotopic (exact) mass is 459 g/mol. The van der Waals surface area contributed by atoms with Crippen LogP contribution in [0.15, 0.2) is 49.8 Å². The van der Waals surface area contributed by atoms with E-state index < -0.39 is 0 Å². The second kappa shape index (κ2) is 7.21. The highest BCUT2D eigenvalue weighted by Crippen LogP contribution is 2.33. The first-order valence-corrected chi connectivity index (χ1v) is 8.85. The van der Waals surface area contributed by atoms with Crippen molar-refractivity contribution in [2.75, 3.05) is 6.54 Å². The molecule has 2 rings (SSSR count). The summed E-state index contributed by atoms with van der Waals surface area (Å²) in [7, 11) is 0. The molecule has 20 heavy (non-hydrogen) atoms. The van der Waals surface area contributed by atoms with Gasteiger partial charge in [0.15, 0.2) is 0 Å². The van der Waals surface area contributed by atoms with Crippen molar-refractivity contribution in [1.82, 2.24) is 5.32 Å². The number of benzene rings is 2. The van der Waals surface area contributed by atoms with E-state index in [4.69, 9.17) is 0 Å². The molecule has 1 unspecified atom stereocenters. The molecule has 1 nitrogen and oxygen atoms in total. The van der Waals surface area contributed by atoms with Crippen molar-refractivity contribution in [3.05, 3.63) is 66.5 Å². The molecule has 0 heterocycles. The molecule has 0 amide bonds. The zero-order valence-corrected chi connectivity index (χ0v) is 16.1. The second-order valence-corrected chi connectivity index (χ2v) is 7.34. The van der Waals surface area contributed by atoms with Gasteiger partial charge in [-0.1, -0.05) is 60.8 Å². The van der Waals surface area contributed by atoms with Crippen LogP contribution >= 0.6 is 47.8 Å². The van der Waals surface area contributed by atoms with Crippen LogP contribution in [-0.4, -0.2) is 6.54 Å². The molecule has 0 radical (unpaired) electrons. The highest BCUT2D eigenvalue weighted by atomic mass is 79.9. The molecule has 4 heteroatoms. The average Bonchev–Trinajstić information content (AvgIpc) is 2.40. The van der Waals surface area contributed by atoms with Crippen LogP contribution in [0.5, 0.6) is 0 Å². The molecule has 0 saturated carbocycles. The Morgan fingerprint density at radius 2 is 1.60 bits per heavy atom. The maximum Gasteiger partial charge on any atom is 0.0590 e.